The summed E-state index contributed by atoms with van der Waals surface area (Å²) in [4.78, 5) is 25.4. The molecule has 1 heterocycles. The fraction of sp³-hybridized carbons (Fsp3) is 0.250. The average molecular weight is 373 g/mol. The van der Waals surface area contributed by atoms with Crippen molar-refractivity contribution in [2.24, 2.45) is 0 Å². The Morgan fingerprint density at radius 2 is 1.68 bits per heavy atom. The van der Waals surface area contributed by atoms with Gasteiger partial charge in [-0.25, -0.2) is 4.79 Å². The lowest BCUT2D eigenvalue weighted by Gasteiger charge is -2.34. The summed E-state index contributed by atoms with van der Waals surface area (Å²) < 4.78 is 5.05. The standard InChI is InChI=1S/C24H23NO3/c1-15-21(24(27)28-2)22(23-19(25-15)9-6-10-20(23)26)18-13-11-17(12-14-18)16-7-4-3-5-8-16/h3-5,7-8,11-14,22,25H,6,9-10H2,1-2H3. The molecule has 2 aromatic rings. The molecule has 1 N–H and O–H groups in total. The zero-order chi connectivity index (χ0) is 19.7. The molecule has 28 heavy (non-hydrogen) atoms. The predicted octanol–water partition coefficient (Wildman–Crippen LogP) is 4.49. The minimum atomic E-state index is -0.396. The van der Waals surface area contributed by atoms with Gasteiger partial charge in [0.1, 0.15) is 0 Å². The van der Waals surface area contributed by atoms with Crippen molar-refractivity contribution in [2.45, 2.75) is 32.1 Å². The van der Waals surface area contributed by atoms with E-state index in [0.29, 0.717) is 17.6 Å². The van der Waals surface area contributed by atoms with Crippen LogP contribution in [0.15, 0.2) is 77.1 Å². The van der Waals surface area contributed by atoms with Crippen LogP contribution in [-0.4, -0.2) is 18.9 Å². The van der Waals surface area contributed by atoms with E-state index in [1.165, 1.54) is 7.11 Å². The number of carbonyl (C=O) groups excluding carboxylic acids is 2. The highest BCUT2D eigenvalue weighted by molar-refractivity contribution is 6.03. The van der Waals surface area contributed by atoms with Crippen molar-refractivity contribution in [3.8, 4) is 11.1 Å². The molecule has 142 valence electrons. The number of ketones is 1. The maximum Gasteiger partial charge on any atom is 0.336 e. The number of hydrogen-bond donors (Lipinski definition) is 1. The summed E-state index contributed by atoms with van der Waals surface area (Å²) in [6, 6.07) is 18.3. The van der Waals surface area contributed by atoms with E-state index in [9.17, 15) is 9.59 Å². The van der Waals surface area contributed by atoms with Gasteiger partial charge in [-0.05, 0) is 36.5 Å². The van der Waals surface area contributed by atoms with Gasteiger partial charge in [0.25, 0.3) is 0 Å². The molecular weight excluding hydrogens is 350 g/mol. The highest BCUT2D eigenvalue weighted by Crippen LogP contribution is 2.42. The molecule has 1 aliphatic heterocycles. The van der Waals surface area contributed by atoms with Crippen molar-refractivity contribution in [2.75, 3.05) is 7.11 Å². The van der Waals surface area contributed by atoms with E-state index in [2.05, 4.69) is 17.4 Å². The van der Waals surface area contributed by atoms with Crippen LogP contribution in [0.3, 0.4) is 0 Å². The lowest BCUT2D eigenvalue weighted by molar-refractivity contribution is -0.136. The molecule has 4 rings (SSSR count). The highest BCUT2D eigenvalue weighted by atomic mass is 16.5. The Bertz CT molecular complexity index is 984. The molecule has 0 bridgehead atoms. The van der Waals surface area contributed by atoms with Gasteiger partial charge in [-0.1, -0.05) is 54.6 Å². The monoisotopic (exact) mass is 373 g/mol. The van der Waals surface area contributed by atoms with E-state index in [-0.39, 0.29) is 11.7 Å². The summed E-state index contributed by atoms with van der Waals surface area (Å²) in [6.45, 7) is 1.88. The summed E-state index contributed by atoms with van der Waals surface area (Å²) in [7, 11) is 1.38. The van der Waals surface area contributed by atoms with Gasteiger partial charge in [-0.15, -0.1) is 0 Å². The molecule has 0 saturated carbocycles. The maximum atomic E-state index is 12.8. The number of hydrogen-bond acceptors (Lipinski definition) is 4. The Morgan fingerprint density at radius 1 is 1.00 bits per heavy atom. The molecule has 1 atom stereocenters. The molecule has 0 fully saturated rings. The van der Waals surface area contributed by atoms with Gasteiger partial charge in [-0.2, -0.15) is 0 Å². The lowest BCUT2D eigenvalue weighted by atomic mass is 9.75. The summed E-state index contributed by atoms with van der Waals surface area (Å²) >= 11 is 0. The van der Waals surface area contributed by atoms with Gasteiger partial charge < -0.3 is 10.1 Å². The van der Waals surface area contributed by atoms with Crippen LogP contribution < -0.4 is 5.32 Å². The van der Waals surface area contributed by atoms with Crippen molar-refractivity contribution in [3.63, 3.8) is 0 Å². The fourth-order valence-corrected chi connectivity index (χ4v) is 4.20. The first-order valence-corrected chi connectivity index (χ1v) is 9.58. The molecule has 4 heteroatoms. The van der Waals surface area contributed by atoms with Gasteiger partial charge in [0, 0.05) is 29.3 Å². The molecule has 2 aromatic carbocycles. The Labute approximate surface area is 164 Å². The molecule has 0 amide bonds. The number of nitrogens with one attached hydrogen (secondary N) is 1. The van der Waals surface area contributed by atoms with E-state index in [1.54, 1.807) is 0 Å². The predicted molar refractivity (Wildman–Crippen MR) is 108 cm³/mol. The first-order valence-electron chi connectivity index (χ1n) is 9.58. The normalized spacial score (nSPS) is 19.2. The Hall–Kier alpha value is -3.14. The summed E-state index contributed by atoms with van der Waals surface area (Å²) in [5.74, 6) is -0.673. The minimum Gasteiger partial charge on any atom is -0.466 e. The highest BCUT2D eigenvalue weighted by Gasteiger charge is 2.38. The van der Waals surface area contributed by atoms with Crippen molar-refractivity contribution < 1.29 is 14.3 Å². The molecule has 1 unspecified atom stereocenters. The van der Waals surface area contributed by atoms with E-state index >= 15 is 0 Å². The molecular formula is C24H23NO3. The smallest absolute Gasteiger partial charge is 0.336 e. The number of esters is 1. The summed E-state index contributed by atoms with van der Waals surface area (Å²) in [5.41, 5.74) is 6.10. The van der Waals surface area contributed by atoms with Crippen molar-refractivity contribution in [3.05, 3.63) is 82.7 Å². The number of benzene rings is 2. The van der Waals surface area contributed by atoms with Gasteiger partial charge in [-0.3, -0.25) is 4.79 Å². The largest absolute Gasteiger partial charge is 0.466 e. The molecule has 0 saturated heterocycles. The Morgan fingerprint density at radius 3 is 2.36 bits per heavy atom. The van der Waals surface area contributed by atoms with Crippen LogP contribution in [0.1, 0.15) is 37.7 Å². The Balaban J connectivity index is 1.81. The van der Waals surface area contributed by atoms with Crippen molar-refractivity contribution >= 4 is 11.8 Å². The number of allylic oxidation sites excluding steroid dienone is 3. The number of methoxy groups -OCH3 is 1. The SMILES string of the molecule is COC(=O)C1=C(C)NC2=C(C(=O)CCC2)C1c1ccc(-c2ccccc2)cc1. The van der Waals surface area contributed by atoms with Crippen LogP contribution in [0.25, 0.3) is 11.1 Å². The number of Topliss-reactive ketones (excluding diaryl/α,β-unsaturated/α-hetero) is 1. The summed E-state index contributed by atoms with van der Waals surface area (Å²) in [5, 5.41) is 3.29. The molecule has 4 nitrogen and oxygen atoms in total. The van der Waals surface area contributed by atoms with Gasteiger partial charge in [0.2, 0.25) is 0 Å². The number of dihydropyridines is 1. The third-order valence-electron chi connectivity index (χ3n) is 5.53. The van der Waals surface area contributed by atoms with Crippen LogP contribution in [-0.2, 0) is 14.3 Å². The molecule has 0 radical (unpaired) electrons. The van der Waals surface area contributed by atoms with E-state index in [1.807, 2.05) is 49.4 Å². The van der Waals surface area contributed by atoms with Crippen molar-refractivity contribution in [1.82, 2.24) is 5.32 Å². The fourth-order valence-electron chi connectivity index (χ4n) is 4.20. The number of carbonyl (C=O) groups is 2. The van der Waals surface area contributed by atoms with Crippen LogP contribution in [0, 0.1) is 0 Å². The quantitative estimate of drug-likeness (QED) is 0.805. The third kappa shape index (κ3) is 3.15. The third-order valence-corrected chi connectivity index (χ3v) is 5.53. The second kappa shape index (κ2) is 7.47. The first-order chi connectivity index (χ1) is 13.6. The number of rotatable bonds is 3. The molecule has 0 aromatic heterocycles. The zero-order valence-corrected chi connectivity index (χ0v) is 16.1. The van der Waals surface area contributed by atoms with Gasteiger partial charge >= 0.3 is 5.97 Å². The zero-order valence-electron chi connectivity index (χ0n) is 16.1. The van der Waals surface area contributed by atoms with Crippen LogP contribution >= 0.6 is 0 Å². The molecule has 1 aliphatic carbocycles. The first kappa shape index (κ1) is 18.2. The lowest BCUT2D eigenvalue weighted by Crippen LogP contribution is -2.34. The average Bonchev–Trinajstić information content (AvgIpc) is 2.73. The van der Waals surface area contributed by atoms with Crippen LogP contribution in [0.4, 0.5) is 0 Å². The van der Waals surface area contributed by atoms with E-state index < -0.39 is 5.97 Å². The van der Waals surface area contributed by atoms with Crippen LogP contribution in [0.5, 0.6) is 0 Å². The second-order valence-corrected chi connectivity index (χ2v) is 7.25. The van der Waals surface area contributed by atoms with E-state index in [4.69, 9.17) is 4.74 Å². The summed E-state index contributed by atoms with van der Waals surface area (Å²) in [6.07, 6.45) is 2.18. The van der Waals surface area contributed by atoms with E-state index in [0.717, 1.165) is 40.9 Å². The number of ether oxygens (including phenoxy) is 1. The van der Waals surface area contributed by atoms with Crippen LogP contribution in [0.2, 0.25) is 0 Å². The minimum absolute atomic E-state index is 0.111. The Kier molecular flexibility index (Phi) is 4.86. The topological polar surface area (TPSA) is 55.4 Å². The van der Waals surface area contributed by atoms with Crippen molar-refractivity contribution in [1.29, 1.82) is 0 Å². The molecule has 0 spiro atoms. The van der Waals surface area contributed by atoms with Gasteiger partial charge in [0.05, 0.1) is 12.7 Å². The van der Waals surface area contributed by atoms with Gasteiger partial charge in [0.15, 0.2) is 5.78 Å². The molecule has 2 aliphatic rings. The second-order valence-electron chi connectivity index (χ2n) is 7.25. The maximum absolute atomic E-state index is 12.8.